The summed E-state index contributed by atoms with van der Waals surface area (Å²) >= 11 is 0. The standard InChI is InChI=1S/C23H25FN2O2/c24-18-8-6-17(7-9-18)22(5-2-16-27)26-14-11-23(28,12-15-26)20-3-1-4-21-19(20)10-13-25-21/h1,3-4,6-10,13,16,22,25,28H,2,5,11-12,14-15H2. The first-order chi connectivity index (χ1) is 13.6. The summed E-state index contributed by atoms with van der Waals surface area (Å²) in [7, 11) is 0. The van der Waals surface area contributed by atoms with Crippen molar-refractivity contribution in [2.75, 3.05) is 13.1 Å². The Labute approximate surface area is 164 Å². The number of aldehydes is 1. The maximum absolute atomic E-state index is 13.3. The Balaban J connectivity index is 1.54. The van der Waals surface area contributed by atoms with Crippen molar-refractivity contribution in [2.24, 2.45) is 0 Å². The first-order valence-corrected chi connectivity index (χ1v) is 9.83. The van der Waals surface area contributed by atoms with Crippen LogP contribution in [0, 0.1) is 5.82 Å². The number of nitrogens with one attached hydrogen (secondary N) is 1. The van der Waals surface area contributed by atoms with Crippen molar-refractivity contribution >= 4 is 17.2 Å². The maximum atomic E-state index is 13.3. The van der Waals surface area contributed by atoms with E-state index in [4.69, 9.17) is 0 Å². The Morgan fingerprint density at radius 2 is 1.89 bits per heavy atom. The van der Waals surface area contributed by atoms with Crippen LogP contribution in [0.25, 0.3) is 10.9 Å². The molecule has 5 heteroatoms. The van der Waals surface area contributed by atoms with Gasteiger partial charge in [0.15, 0.2) is 0 Å². The number of halogens is 1. The van der Waals surface area contributed by atoms with Crippen molar-refractivity contribution < 1.29 is 14.3 Å². The van der Waals surface area contributed by atoms with Gasteiger partial charge in [0.2, 0.25) is 0 Å². The van der Waals surface area contributed by atoms with Crippen molar-refractivity contribution in [3.8, 4) is 0 Å². The molecule has 1 aliphatic rings. The van der Waals surface area contributed by atoms with Crippen molar-refractivity contribution in [1.82, 2.24) is 9.88 Å². The largest absolute Gasteiger partial charge is 0.385 e. The Morgan fingerprint density at radius 3 is 2.61 bits per heavy atom. The molecular weight excluding hydrogens is 355 g/mol. The van der Waals surface area contributed by atoms with Gasteiger partial charge in [-0.25, -0.2) is 4.39 Å². The maximum Gasteiger partial charge on any atom is 0.123 e. The van der Waals surface area contributed by atoms with E-state index in [-0.39, 0.29) is 11.9 Å². The molecule has 0 radical (unpaired) electrons. The number of hydrogen-bond acceptors (Lipinski definition) is 3. The number of carbonyl (C=O) groups excluding carboxylic acids is 1. The fourth-order valence-corrected chi connectivity index (χ4v) is 4.44. The molecule has 0 saturated carbocycles. The number of aromatic amines is 1. The van der Waals surface area contributed by atoms with Crippen LogP contribution in [0.4, 0.5) is 4.39 Å². The predicted octanol–water partition coefficient (Wildman–Crippen LogP) is 4.31. The summed E-state index contributed by atoms with van der Waals surface area (Å²) in [6.45, 7) is 1.44. The number of fused-ring (bicyclic) bond motifs is 1. The molecule has 3 aromatic rings. The average Bonchev–Trinajstić information content (AvgIpc) is 3.19. The number of aromatic nitrogens is 1. The van der Waals surface area contributed by atoms with Crippen molar-refractivity contribution in [1.29, 1.82) is 0 Å². The third-order valence-corrected chi connectivity index (χ3v) is 5.98. The first-order valence-electron chi connectivity index (χ1n) is 9.83. The van der Waals surface area contributed by atoms with Gasteiger partial charge < -0.3 is 14.9 Å². The van der Waals surface area contributed by atoms with E-state index in [1.165, 1.54) is 12.1 Å². The molecule has 146 valence electrons. The molecule has 1 aliphatic heterocycles. The third kappa shape index (κ3) is 3.60. The van der Waals surface area contributed by atoms with Gasteiger partial charge in [-0.05, 0) is 54.7 Å². The van der Waals surface area contributed by atoms with Gasteiger partial charge in [0.1, 0.15) is 12.1 Å². The van der Waals surface area contributed by atoms with Crippen molar-refractivity contribution in [2.45, 2.75) is 37.3 Å². The van der Waals surface area contributed by atoms with E-state index in [2.05, 4.69) is 9.88 Å². The number of rotatable bonds is 6. The molecule has 1 atom stereocenters. The van der Waals surface area contributed by atoms with Gasteiger partial charge in [0.05, 0.1) is 5.60 Å². The van der Waals surface area contributed by atoms with Crippen LogP contribution in [-0.4, -0.2) is 34.4 Å². The summed E-state index contributed by atoms with van der Waals surface area (Å²) in [6, 6.07) is 14.6. The lowest BCUT2D eigenvalue weighted by Crippen LogP contribution is -2.44. The molecule has 0 amide bonds. The lowest BCUT2D eigenvalue weighted by Gasteiger charge is -2.42. The molecule has 0 bridgehead atoms. The van der Waals surface area contributed by atoms with E-state index >= 15 is 0 Å². The predicted molar refractivity (Wildman–Crippen MR) is 107 cm³/mol. The highest BCUT2D eigenvalue weighted by molar-refractivity contribution is 5.83. The van der Waals surface area contributed by atoms with Gasteiger partial charge in [0.25, 0.3) is 0 Å². The van der Waals surface area contributed by atoms with E-state index in [1.807, 2.05) is 30.5 Å². The molecule has 1 fully saturated rings. The first kappa shape index (κ1) is 18.8. The second-order valence-corrected chi connectivity index (χ2v) is 7.62. The second kappa shape index (κ2) is 7.86. The molecule has 1 aromatic heterocycles. The van der Waals surface area contributed by atoms with Crippen LogP contribution in [0.1, 0.15) is 42.9 Å². The van der Waals surface area contributed by atoms with Gasteiger partial charge in [-0.3, -0.25) is 4.90 Å². The minimum atomic E-state index is -0.865. The van der Waals surface area contributed by atoms with E-state index in [0.717, 1.165) is 41.4 Å². The van der Waals surface area contributed by atoms with Gasteiger partial charge in [0, 0.05) is 42.7 Å². The SMILES string of the molecule is O=CCCC(c1ccc(F)cc1)N1CCC(O)(c2cccc3[nH]ccc23)CC1. The summed E-state index contributed by atoms with van der Waals surface area (Å²) in [5.74, 6) is -0.259. The molecule has 2 N–H and O–H groups in total. The zero-order chi connectivity index (χ0) is 19.6. The monoisotopic (exact) mass is 380 g/mol. The highest BCUT2D eigenvalue weighted by Gasteiger charge is 2.37. The highest BCUT2D eigenvalue weighted by atomic mass is 19.1. The molecular formula is C23H25FN2O2. The number of carbonyl (C=O) groups is 1. The fraction of sp³-hybridized carbons (Fsp3) is 0.348. The second-order valence-electron chi connectivity index (χ2n) is 7.62. The topological polar surface area (TPSA) is 56.3 Å². The zero-order valence-corrected chi connectivity index (χ0v) is 15.8. The summed E-state index contributed by atoms with van der Waals surface area (Å²) in [6.07, 6.45) is 5.23. The Kier molecular flexibility index (Phi) is 5.29. The van der Waals surface area contributed by atoms with Crippen LogP contribution in [0.15, 0.2) is 54.7 Å². The van der Waals surface area contributed by atoms with E-state index in [1.54, 1.807) is 12.1 Å². The van der Waals surface area contributed by atoms with E-state index in [9.17, 15) is 14.3 Å². The van der Waals surface area contributed by atoms with Crippen LogP contribution in [0.2, 0.25) is 0 Å². The zero-order valence-electron chi connectivity index (χ0n) is 15.8. The number of nitrogens with zero attached hydrogens (tertiary/aromatic N) is 1. The number of piperidine rings is 1. The molecule has 2 aromatic carbocycles. The minimum Gasteiger partial charge on any atom is -0.385 e. The smallest absolute Gasteiger partial charge is 0.123 e. The van der Waals surface area contributed by atoms with Crippen LogP contribution in [-0.2, 0) is 10.4 Å². The van der Waals surface area contributed by atoms with Crippen LogP contribution >= 0.6 is 0 Å². The summed E-state index contributed by atoms with van der Waals surface area (Å²) < 4.78 is 13.3. The normalized spacial score (nSPS) is 18.2. The molecule has 1 saturated heterocycles. The van der Waals surface area contributed by atoms with Crippen LogP contribution in [0.5, 0.6) is 0 Å². The molecule has 4 rings (SSSR count). The number of aliphatic hydroxyl groups is 1. The molecule has 28 heavy (non-hydrogen) atoms. The summed E-state index contributed by atoms with van der Waals surface area (Å²) in [4.78, 5) is 16.5. The number of benzene rings is 2. The molecule has 0 aliphatic carbocycles. The molecule has 2 heterocycles. The lowest BCUT2D eigenvalue weighted by molar-refractivity contribution is -0.108. The van der Waals surface area contributed by atoms with E-state index < -0.39 is 5.60 Å². The number of H-pyrrole nitrogens is 1. The number of likely N-dealkylation sites (tertiary alicyclic amines) is 1. The molecule has 0 spiro atoms. The Morgan fingerprint density at radius 1 is 1.14 bits per heavy atom. The summed E-state index contributed by atoms with van der Waals surface area (Å²) in [5, 5.41) is 12.5. The average molecular weight is 380 g/mol. The van der Waals surface area contributed by atoms with Gasteiger partial charge >= 0.3 is 0 Å². The molecule has 4 nitrogen and oxygen atoms in total. The van der Waals surface area contributed by atoms with Crippen molar-refractivity contribution in [3.63, 3.8) is 0 Å². The lowest BCUT2D eigenvalue weighted by atomic mass is 9.82. The van der Waals surface area contributed by atoms with Crippen LogP contribution < -0.4 is 0 Å². The van der Waals surface area contributed by atoms with Crippen molar-refractivity contribution in [3.05, 3.63) is 71.7 Å². The highest BCUT2D eigenvalue weighted by Crippen LogP contribution is 2.39. The Bertz CT molecular complexity index is 943. The minimum absolute atomic E-state index is 0.0541. The fourth-order valence-electron chi connectivity index (χ4n) is 4.44. The van der Waals surface area contributed by atoms with Gasteiger partial charge in [-0.2, -0.15) is 0 Å². The van der Waals surface area contributed by atoms with Crippen LogP contribution in [0.3, 0.4) is 0 Å². The van der Waals surface area contributed by atoms with Gasteiger partial charge in [-0.15, -0.1) is 0 Å². The number of hydrogen-bond donors (Lipinski definition) is 2. The third-order valence-electron chi connectivity index (χ3n) is 5.98. The summed E-state index contributed by atoms with van der Waals surface area (Å²) in [5.41, 5.74) is 2.15. The Hall–Kier alpha value is -2.50. The van der Waals surface area contributed by atoms with E-state index in [0.29, 0.717) is 25.7 Å². The molecule has 1 unspecified atom stereocenters. The van der Waals surface area contributed by atoms with Gasteiger partial charge in [-0.1, -0.05) is 24.3 Å². The quantitative estimate of drug-likeness (QED) is 0.627.